The lowest BCUT2D eigenvalue weighted by Gasteiger charge is -2.71. The number of rotatable bonds is 9. The third-order valence-corrected chi connectivity index (χ3v) is 17.7. The van der Waals surface area contributed by atoms with Crippen LogP contribution in [0.4, 0.5) is 0 Å². The monoisotopic (exact) mass is 666 g/mol. The van der Waals surface area contributed by atoms with E-state index in [0.717, 1.165) is 0 Å². The SMILES string of the molecule is CC(C)P(c1ccccc1[B-]12O[C@@H](c3ccccc3)[B-](c3ccccc3P(C(C)C)C(C)C)(c3ccccc31)c1ccccc12)C(C)C. The molecular formula is C43H50B2OP2-2. The minimum Gasteiger partial charge on any atom is -0.601 e. The number of fused-ring (bicyclic) bond motifs is 1. The topological polar surface area (TPSA) is 9.23 Å². The average Bonchev–Trinajstić information content (AvgIpc) is 3.08. The van der Waals surface area contributed by atoms with Gasteiger partial charge in [0.25, 0.3) is 0 Å². The zero-order valence-electron chi connectivity index (χ0n) is 30.0. The molecule has 2 bridgehead atoms. The molecule has 0 radical (unpaired) electrons. The molecule has 1 atom stereocenters. The predicted octanol–water partition coefficient (Wildman–Crippen LogP) is 6.60. The van der Waals surface area contributed by atoms with Gasteiger partial charge >= 0.3 is 0 Å². The van der Waals surface area contributed by atoms with Crippen molar-refractivity contribution in [1.29, 1.82) is 0 Å². The first-order chi connectivity index (χ1) is 23.2. The fourth-order valence-electron chi connectivity index (χ4n) is 10.1. The standard InChI is InChI=1S/C43H50B2OP2/c1-30(2)47(31(3)4)41-28-18-16-26-39(41)44-35-22-12-14-24-37(35)45(38-25-15-13-23-36(38)44,46-43(44)34-20-10-9-11-21-34)40-27-17-19-29-42(40)48(32(5)6)33(7)8/h9-33,43H,1-8H3/q-2/t43-,44?,45?/m0/s1. The lowest BCUT2D eigenvalue weighted by Crippen LogP contribution is -2.96. The molecule has 246 valence electrons. The Morgan fingerprint density at radius 1 is 0.417 bits per heavy atom. The van der Waals surface area contributed by atoms with Gasteiger partial charge in [0.1, 0.15) is 6.15 Å². The van der Waals surface area contributed by atoms with E-state index in [-0.39, 0.29) is 6.00 Å². The van der Waals surface area contributed by atoms with Gasteiger partial charge in [0.15, 0.2) is 6.35 Å². The largest absolute Gasteiger partial charge is 0.601 e. The van der Waals surface area contributed by atoms with Gasteiger partial charge in [0, 0.05) is 0 Å². The summed E-state index contributed by atoms with van der Waals surface area (Å²) in [6.07, 6.45) is -3.29. The Kier molecular flexibility index (Phi) is 9.13. The van der Waals surface area contributed by atoms with Gasteiger partial charge in [0.2, 0.25) is 0 Å². The molecule has 0 aliphatic carbocycles. The molecule has 3 aliphatic rings. The van der Waals surface area contributed by atoms with Crippen LogP contribution < -0.4 is 43.4 Å². The third kappa shape index (κ3) is 4.95. The minimum absolute atomic E-state index is 0.134. The van der Waals surface area contributed by atoms with Gasteiger partial charge in [-0.05, 0) is 22.6 Å². The van der Waals surface area contributed by atoms with Crippen LogP contribution in [0.3, 0.4) is 0 Å². The summed E-state index contributed by atoms with van der Waals surface area (Å²) in [6, 6.07) is 48.8. The Bertz CT molecular complexity index is 1850. The zero-order valence-corrected chi connectivity index (χ0v) is 31.8. The summed E-state index contributed by atoms with van der Waals surface area (Å²) >= 11 is 0. The molecule has 0 unspecified atom stereocenters. The van der Waals surface area contributed by atoms with Crippen LogP contribution in [-0.4, -0.2) is 35.1 Å². The second-order valence-electron chi connectivity index (χ2n) is 15.3. The first kappa shape index (κ1) is 33.5. The van der Waals surface area contributed by atoms with Crippen LogP contribution in [0.25, 0.3) is 0 Å². The normalized spacial score (nSPS) is 21.5. The van der Waals surface area contributed by atoms with Crippen LogP contribution >= 0.6 is 15.8 Å². The smallest absolute Gasteiger partial charge is 0.190 e. The van der Waals surface area contributed by atoms with Gasteiger partial charge in [-0.2, -0.15) is 10.9 Å². The van der Waals surface area contributed by atoms with Crippen LogP contribution in [0.5, 0.6) is 0 Å². The maximum absolute atomic E-state index is 8.17. The van der Waals surface area contributed by atoms with Gasteiger partial charge in [-0.3, -0.25) is 0 Å². The van der Waals surface area contributed by atoms with E-state index in [0.29, 0.717) is 22.6 Å². The summed E-state index contributed by atoms with van der Waals surface area (Å²) in [6.45, 7) is 19.4. The zero-order chi connectivity index (χ0) is 33.8. The van der Waals surface area contributed by atoms with Crippen molar-refractivity contribution in [3.05, 3.63) is 133 Å². The Morgan fingerprint density at radius 3 is 1.23 bits per heavy atom. The van der Waals surface area contributed by atoms with Gasteiger partial charge in [-0.1, -0.05) is 221 Å². The first-order valence-corrected chi connectivity index (χ1v) is 21.1. The summed E-state index contributed by atoms with van der Waals surface area (Å²) in [5, 5.41) is 3.04. The summed E-state index contributed by atoms with van der Waals surface area (Å²) in [5.41, 5.74) is 12.1. The Balaban J connectivity index is 1.66. The number of hydrogen-bond donors (Lipinski definition) is 0. The van der Waals surface area contributed by atoms with E-state index in [1.54, 1.807) is 0 Å². The molecule has 48 heavy (non-hydrogen) atoms. The second-order valence-corrected chi connectivity index (χ2v) is 22.0. The first-order valence-electron chi connectivity index (χ1n) is 18.1. The Labute approximate surface area is 292 Å². The van der Waals surface area contributed by atoms with Crippen molar-refractivity contribution < 1.29 is 4.65 Å². The molecule has 0 saturated carbocycles. The van der Waals surface area contributed by atoms with Crippen molar-refractivity contribution in [3.8, 4) is 0 Å². The van der Waals surface area contributed by atoms with Crippen molar-refractivity contribution >= 4 is 71.7 Å². The molecule has 0 N–H and O–H groups in total. The van der Waals surface area contributed by atoms with E-state index in [1.807, 2.05) is 0 Å². The summed E-state index contributed by atoms with van der Waals surface area (Å²) in [7, 11) is -0.852. The highest BCUT2D eigenvalue weighted by Crippen LogP contribution is 2.47. The summed E-state index contributed by atoms with van der Waals surface area (Å²) in [5.74, 6) is 0. The molecule has 5 aromatic carbocycles. The molecule has 3 aliphatic heterocycles. The molecule has 0 amide bonds. The van der Waals surface area contributed by atoms with E-state index in [4.69, 9.17) is 4.65 Å². The molecule has 3 heterocycles. The van der Waals surface area contributed by atoms with E-state index >= 15 is 0 Å². The van der Waals surface area contributed by atoms with Gasteiger partial charge < -0.3 is 4.65 Å². The molecular weight excluding hydrogens is 616 g/mol. The number of benzene rings is 5. The maximum atomic E-state index is 8.17. The molecule has 0 aromatic heterocycles. The highest BCUT2D eigenvalue weighted by Gasteiger charge is 2.54. The number of hydrogen-bond acceptors (Lipinski definition) is 1. The van der Waals surface area contributed by atoms with Crippen LogP contribution in [0.2, 0.25) is 0 Å². The van der Waals surface area contributed by atoms with E-state index in [9.17, 15) is 0 Å². The molecule has 1 nitrogen and oxygen atoms in total. The highest BCUT2D eigenvalue weighted by atomic mass is 31.1. The van der Waals surface area contributed by atoms with Gasteiger partial charge in [-0.25, -0.2) is 21.9 Å². The van der Waals surface area contributed by atoms with Gasteiger partial charge in [-0.15, -0.1) is 0 Å². The van der Waals surface area contributed by atoms with Crippen molar-refractivity contribution in [2.75, 3.05) is 0 Å². The maximum Gasteiger partial charge on any atom is 0.190 e. The van der Waals surface area contributed by atoms with Crippen molar-refractivity contribution in [3.63, 3.8) is 0 Å². The second kappa shape index (κ2) is 13.1. The fourth-order valence-corrected chi connectivity index (χ4v) is 16.4. The molecule has 5 aromatic rings. The highest BCUT2D eigenvalue weighted by molar-refractivity contribution is 7.68. The molecule has 8 rings (SSSR count). The minimum atomic E-state index is -1.74. The molecule has 0 fully saturated rings. The van der Waals surface area contributed by atoms with Crippen LogP contribution in [0.1, 0.15) is 67.0 Å². The van der Waals surface area contributed by atoms with E-state index in [2.05, 4.69) is 183 Å². The predicted molar refractivity (Wildman–Crippen MR) is 219 cm³/mol. The van der Waals surface area contributed by atoms with Crippen LogP contribution in [-0.2, 0) is 4.65 Å². The van der Waals surface area contributed by atoms with Gasteiger partial charge in [0.05, 0.1) is 0 Å². The molecule has 5 heteroatoms. The summed E-state index contributed by atoms with van der Waals surface area (Å²) < 4.78 is 8.17. The fraction of sp³-hybridized carbons (Fsp3) is 0.302. The van der Waals surface area contributed by atoms with Crippen LogP contribution in [0, 0.1) is 0 Å². The van der Waals surface area contributed by atoms with Crippen LogP contribution in [0.15, 0.2) is 127 Å². The average molecular weight is 666 g/mol. The quantitative estimate of drug-likeness (QED) is 0.127. The lowest BCUT2D eigenvalue weighted by atomic mass is 9.02. The summed E-state index contributed by atoms with van der Waals surface area (Å²) in [4.78, 5) is 0. The molecule has 0 saturated heterocycles. The lowest BCUT2D eigenvalue weighted by molar-refractivity contribution is 0.279. The molecule has 0 spiro atoms. The van der Waals surface area contributed by atoms with Crippen molar-refractivity contribution in [2.45, 2.75) is 84.0 Å². The van der Waals surface area contributed by atoms with E-state index < -0.39 is 28.3 Å². The Morgan fingerprint density at radius 2 is 0.771 bits per heavy atom. The third-order valence-electron chi connectivity index (χ3n) is 11.4. The van der Waals surface area contributed by atoms with Crippen molar-refractivity contribution in [1.82, 2.24) is 0 Å². The van der Waals surface area contributed by atoms with Crippen molar-refractivity contribution in [2.24, 2.45) is 0 Å². The van der Waals surface area contributed by atoms with E-state index in [1.165, 1.54) is 48.9 Å². The Hall–Kier alpha value is -2.95.